The Bertz CT molecular complexity index is 666. The molecular formula is C15H13BrCl2FNO. The van der Waals surface area contributed by atoms with Gasteiger partial charge in [-0.3, -0.25) is 0 Å². The summed E-state index contributed by atoms with van der Waals surface area (Å²) in [6.07, 6.45) is 0. The largest absolute Gasteiger partial charge is 0.497 e. The standard InChI is InChI=1S/C15H13BrCl2FNO/c1-8(14-12(17)3-4-13(19)15(14)18)20-10-5-9(16)6-11(7-10)21-2/h3-8,20H,1-2H3. The molecule has 0 amide bonds. The van der Waals surface area contributed by atoms with Gasteiger partial charge in [-0.05, 0) is 31.2 Å². The minimum Gasteiger partial charge on any atom is -0.497 e. The van der Waals surface area contributed by atoms with Crippen molar-refractivity contribution in [1.29, 1.82) is 0 Å². The Balaban J connectivity index is 2.32. The molecule has 0 heterocycles. The van der Waals surface area contributed by atoms with Crippen molar-refractivity contribution in [3.63, 3.8) is 0 Å². The fourth-order valence-corrected chi connectivity index (χ4v) is 3.20. The molecule has 2 aromatic carbocycles. The van der Waals surface area contributed by atoms with E-state index in [1.807, 2.05) is 25.1 Å². The van der Waals surface area contributed by atoms with Gasteiger partial charge in [0.05, 0.1) is 18.2 Å². The second-order valence-corrected chi connectivity index (χ2v) is 6.20. The molecule has 1 atom stereocenters. The van der Waals surface area contributed by atoms with E-state index in [1.54, 1.807) is 7.11 Å². The minimum atomic E-state index is -0.489. The summed E-state index contributed by atoms with van der Waals surface area (Å²) >= 11 is 15.6. The van der Waals surface area contributed by atoms with E-state index in [0.29, 0.717) is 16.3 Å². The smallest absolute Gasteiger partial charge is 0.142 e. The van der Waals surface area contributed by atoms with Gasteiger partial charge in [0.15, 0.2) is 0 Å². The Morgan fingerprint density at radius 2 is 1.95 bits per heavy atom. The van der Waals surface area contributed by atoms with Crippen LogP contribution >= 0.6 is 39.1 Å². The first-order valence-electron chi connectivity index (χ1n) is 6.17. The zero-order chi connectivity index (χ0) is 15.6. The number of halogens is 4. The summed E-state index contributed by atoms with van der Waals surface area (Å²) < 4.78 is 19.7. The third-order valence-corrected chi connectivity index (χ3v) is 4.17. The molecule has 0 aliphatic heterocycles. The van der Waals surface area contributed by atoms with Crippen LogP contribution < -0.4 is 10.1 Å². The summed E-state index contributed by atoms with van der Waals surface area (Å²) in [6.45, 7) is 1.86. The summed E-state index contributed by atoms with van der Waals surface area (Å²) in [7, 11) is 1.59. The first-order chi connectivity index (χ1) is 9.92. The van der Waals surface area contributed by atoms with Gasteiger partial charge in [0.1, 0.15) is 11.6 Å². The highest BCUT2D eigenvalue weighted by atomic mass is 79.9. The van der Waals surface area contributed by atoms with Crippen LogP contribution in [0.1, 0.15) is 18.5 Å². The van der Waals surface area contributed by atoms with Gasteiger partial charge in [0.2, 0.25) is 0 Å². The molecule has 0 radical (unpaired) electrons. The molecule has 2 nitrogen and oxygen atoms in total. The fourth-order valence-electron chi connectivity index (χ4n) is 2.03. The number of methoxy groups -OCH3 is 1. The Hall–Kier alpha value is -0.970. The average Bonchev–Trinajstić information content (AvgIpc) is 2.42. The highest BCUT2D eigenvalue weighted by molar-refractivity contribution is 9.10. The summed E-state index contributed by atoms with van der Waals surface area (Å²) in [6, 6.07) is 8.06. The number of hydrogen-bond donors (Lipinski definition) is 1. The van der Waals surface area contributed by atoms with Crippen LogP contribution in [-0.2, 0) is 0 Å². The van der Waals surface area contributed by atoms with Crippen molar-refractivity contribution in [1.82, 2.24) is 0 Å². The maximum absolute atomic E-state index is 13.6. The molecule has 2 aromatic rings. The minimum absolute atomic E-state index is 0.0319. The molecule has 0 spiro atoms. The molecule has 0 saturated heterocycles. The molecule has 6 heteroatoms. The molecule has 1 unspecified atom stereocenters. The van der Waals surface area contributed by atoms with Crippen molar-refractivity contribution in [3.8, 4) is 5.75 Å². The molecule has 0 saturated carbocycles. The maximum Gasteiger partial charge on any atom is 0.142 e. The molecule has 0 bridgehead atoms. The van der Waals surface area contributed by atoms with Crippen LogP contribution in [0, 0.1) is 5.82 Å². The molecule has 21 heavy (non-hydrogen) atoms. The SMILES string of the molecule is COc1cc(Br)cc(NC(C)c2c(Cl)ccc(F)c2Cl)c1. The van der Waals surface area contributed by atoms with Crippen LogP contribution in [0.4, 0.5) is 10.1 Å². The van der Waals surface area contributed by atoms with E-state index in [2.05, 4.69) is 21.2 Å². The summed E-state index contributed by atoms with van der Waals surface area (Å²) in [5, 5.41) is 3.69. The average molecular weight is 393 g/mol. The lowest BCUT2D eigenvalue weighted by atomic mass is 10.1. The first-order valence-corrected chi connectivity index (χ1v) is 7.71. The first kappa shape index (κ1) is 16.4. The van der Waals surface area contributed by atoms with E-state index in [0.717, 1.165) is 10.2 Å². The Kier molecular flexibility index (Phi) is 5.36. The van der Waals surface area contributed by atoms with Gasteiger partial charge in [-0.2, -0.15) is 0 Å². The number of ether oxygens (including phenoxy) is 1. The van der Waals surface area contributed by atoms with Crippen molar-refractivity contribution in [2.45, 2.75) is 13.0 Å². The Morgan fingerprint density at radius 3 is 2.62 bits per heavy atom. The van der Waals surface area contributed by atoms with Crippen molar-refractivity contribution in [2.24, 2.45) is 0 Å². The zero-order valence-electron chi connectivity index (χ0n) is 11.4. The van der Waals surface area contributed by atoms with E-state index < -0.39 is 5.82 Å². The van der Waals surface area contributed by atoms with E-state index in [4.69, 9.17) is 27.9 Å². The van der Waals surface area contributed by atoms with Gasteiger partial charge in [-0.15, -0.1) is 0 Å². The van der Waals surface area contributed by atoms with Crippen molar-refractivity contribution in [2.75, 3.05) is 12.4 Å². The maximum atomic E-state index is 13.6. The van der Waals surface area contributed by atoms with E-state index in [-0.39, 0.29) is 11.1 Å². The summed E-state index contributed by atoms with van der Waals surface area (Å²) in [4.78, 5) is 0. The van der Waals surface area contributed by atoms with Gasteiger partial charge >= 0.3 is 0 Å². The third-order valence-electron chi connectivity index (χ3n) is 3.00. The van der Waals surface area contributed by atoms with Gasteiger partial charge in [-0.1, -0.05) is 39.1 Å². The zero-order valence-corrected chi connectivity index (χ0v) is 14.5. The van der Waals surface area contributed by atoms with Crippen molar-refractivity contribution < 1.29 is 9.13 Å². The Labute approximate surface area is 141 Å². The number of anilines is 1. The number of hydrogen-bond acceptors (Lipinski definition) is 2. The van der Waals surface area contributed by atoms with Gasteiger partial charge in [0, 0.05) is 26.8 Å². The lowest BCUT2D eigenvalue weighted by Gasteiger charge is -2.19. The van der Waals surface area contributed by atoms with E-state index in [1.165, 1.54) is 12.1 Å². The predicted molar refractivity (Wildman–Crippen MR) is 89.2 cm³/mol. The van der Waals surface area contributed by atoms with Gasteiger partial charge in [-0.25, -0.2) is 4.39 Å². The van der Waals surface area contributed by atoms with Crippen LogP contribution in [0.5, 0.6) is 5.75 Å². The highest BCUT2D eigenvalue weighted by Crippen LogP contribution is 2.35. The number of rotatable bonds is 4. The second kappa shape index (κ2) is 6.86. The van der Waals surface area contributed by atoms with Crippen LogP contribution in [-0.4, -0.2) is 7.11 Å². The summed E-state index contributed by atoms with van der Waals surface area (Å²) in [5.74, 6) is 0.215. The molecule has 0 aliphatic carbocycles. The molecule has 2 rings (SSSR count). The van der Waals surface area contributed by atoms with Crippen molar-refractivity contribution >= 4 is 44.8 Å². The molecule has 0 aromatic heterocycles. The second-order valence-electron chi connectivity index (χ2n) is 4.50. The molecule has 0 fully saturated rings. The lowest BCUT2D eigenvalue weighted by molar-refractivity contribution is 0.414. The van der Waals surface area contributed by atoms with Crippen LogP contribution in [0.2, 0.25) is 10.0 Å². The van der Waals surface area contributed by atoms with Crippen LogP contribution in [0.3, 0.4) is 0 Å². The molecule has 112 valence electrons. The fraction of sp³-hybridized carbons (Fsp3) is 0.200. The predicted octanol–water partition coefficient (Wildman–Crippen LogP) is 6.08. The lowest BCUT2D eigenvalue weighted by Crippen LogP contribution is -2.09. The normalized spacial score (nSPS) is 12.1. The topological polar surface area (TPSA) is 21.3 Å². The van der Waals surface area contributed by atoms with Crippen LogP contribution in [0.15, 0.2) is 34.8 Å². The Morgan fingerprint density at radius 1 is 1.24 bits per heavy atom. The third kappa shape index (κ3) is 3.82. The number of benzene rings is 2. The molecule has 0 aliphatic rings. The van der Waals surface area contributed by atoms with Gasteiger partial charge in [0.25, 0.3) is 0 Å². The number of nitrogens with one attached hydrogen (secondary N) is 1. The molecule has 1 N–H and O–H groups in total. The van der Waals surface area contributed by atoms with E-state index in [9.17, 15) is 4.39 Å². The van der Waals surface area contributed by atoms with E-state index >= 15 is 0 Å². The quantitative estimate of drug-likeness (QED) is 0.637. The monoisotopic (exact) mass is 391 g/mol. The van der Waals surface area contributed by atoms with Crippen LogP contribution in [0.25, 0.3) is 0 Å². The molecular weight excluding hydrogens is 380 g/mol. The highest BCUT2D eigenvalue weighted by Gasteiger charge is 2.17. The van der Waals surface area contributed by atoms with Gasteiger partial charge < -0.3 is 10.1 Å². The summed E-state index contributed by atoms with van der Waals surface area (Å²) in [5.41, 5.74) is 1.34. The van der Waals surface area contributed by atoms with Crippen molar-refractivity contribution in [3.05, 3.63) is 56.2 Å².